The first-order valence-corrected chi connectivity index (χ1v) is 7.76. The lowest BCUT2D eigenvalue weighted by atomic mass is 10.1. The molecule has 0 saturated heterocycles. The average Bonchev–Trinajstić information content (AvgIpc) is 2.81. The third-order valence-electron chi connectivity index (χ3n) is 2.85. The van der Waals surface area contributed by atoms with Gasteiger partial charge in [0.1, 0.15) is 5.01 Å². The van der Waals surface area contributed by atoms with E-state index in [0.29, 0.717) is 17.6 Å². The lowest BCUT2D eigenvalue weighted by Crippen LogP contribution is -2.39. The molecule has 2 N–H and O–H groups in total. The molecule has 0 bridgehead atoms. The second-order valence-corrected chi connectivity index (χ2v) is 6.37. The number of aliphatic carboxylic acids is 1. The molecule has 1 heterocycles. The molecule has 0 fully saturated rings. The summed E-state index contributed by atoms with van der Waals surface area (Å²) in [5.41, 5.74) is 0. The minimum absolute atomic E-state index is 0.162. The standard InChI is InChI=1S/C13H22N4O3S/c1-5-17(7-9(4)11(18)19)13(20)14-12-16-15-10(21-12)6-8(2)3/h8-9H,5-7H2,1-4H3,(H,18,19)(H,14,16,20). The molecule has 1 aromatic rings. The van der Waals surface area contributed by atoms with Crippen LogP contribution < -0.4 is 5.32 Å². The molecule has 0 aliphatic rings. The fourth-order valence-electron chi connectivity index (χ4n) is 1.67. The van der Waals surface area contributed by atoms with Crippen LogP contribution in [0, 0.1) is 11.8 Å². The van der Waals surface area contributed by atoms with Crippen molar-refractivity contribution in [2.24, 2.45) is 11.8 Å². The number of hydrogen-bond donors (Lipinski definition) is 2. The highest BCUT2D eigenvalue weighted by atomic mass is 32.1. The van der Waals surface area contributed by atoms with Crippen molar-refractivity contribution in [3.8, 4) is 0 Å². The van der Waals surface area contributed by atoms with Gasteiger partial charge in [0.25, 0.3) is 0 Å². The van der Waals surface area contributed by atoms with Gasteiger partial charge in [-0.25, -0.2) is 4.79 Å². The fraction of sp³-hybridized carbons (Fsp3) is 0.692. The van der Waals surface area contributed by atoms with E-state index >= 15 is 0 Å². The average molecular weight is 314 g/mol. The van der Waals surface area contributed by atoms with Gasteiger partial charge in [0, 0.05) is 19.5 Å². The fourth-order valence-corrected chi connectivity index (χ4v) is 2.61. The summed E-state index contributed by atoms with van der Waals surface area (Å²) in [6.07, 6.45) is 0.821. The van der Waals surface area contributed by atoms with E-state index in [0.717, 1.165) is 11.4 Å². The summed E-state index contributed by atoms with van der Waals surface area (Å²) in [6.45, 7) is 8.15. The van der Waals surface area contributed by atoms with Gasteiger partial charge >= 0.3 is 12.0 Å². The molecule has 0 aliphatic carbocycles. The van der Waals surface area contributed by atoms with E-state index in [1.807, 2.05) is 0 Å². The van der Waals surface area contributed by atoms with Gasteiger partial charge in [-0.3, -0.25) is 10.1 Å². The Labute approximate surface area is 128 Å². The van der Waals surface area contributed by atoms with Crippen molar-refractivity contribution in [2.45, 2.75) is 34.1 Å². The number of anilines is 1. The monoisotopic (exact) mass is 314 g/mol. The maximum absolute atomic E-state index is 12.1. The molecular weight excluding hydrogens is 292 g/mol. The number of carbonyl (C=O) groups excluding carboxylic acids is 1. The number of hydrogen-bond acceptors (Lipinski definition) is 5. The number of carboxylic acid groups (broad SMARTS) is 1. The zero-order valence-electron chi connectivity index (χ0n) is 12.8. The summed E-state index contributed by atoms with van der Waals surface area (Å²) in [6, 6.07) is -0.349. The van der Waals surface area contributed by atoms with Crippen molar-refractivity contribution in [1.82, 2.24) is 15.1 Å². The van der Waals surface area contributed by atoms with Crippen molar-refractivity contribution in [3.63, 3.8) is 0 Å². The number of amides is 2. The quantitative estimate of drug-likeness (QED) is 0.805. The number of aromatic nitrogens is 2. The lowest BCUT2D eigenvalue weighted by Gasteiger charge is -2.22. The maximum Gasteiger partial charge on any atom is 0.323 e. The summed E-state index contributed by atoms with van der Waals surface area (Å²) >= 11 is 1.35. The third kappa shape index (κ3) is 5.66. The molecule has 1 unspecified atom stereocenters. The van der Waals surface area contributed by atoms with Gasteiger partial charge in [-0.05, 0) is 12.8 Å². The van der Waals surface area contributed by atoms with Crippen LogP contribution in [-0.2, 0) is 11.2 Å². The molecule has 0 radical (unpaired) electrons. The topological polar surface area (TPSA) is 95.4 Å². The first-order valence-electron chi connectivity index (χ1n) is 6.94. The van der Waals surface area contributed by atoms with Gasteiger partial charge in [0.05, 0.1) is 5.92 Å². The van der Waals surface area contributed by atoms with Gasteiger partial charge in [0.15, 0.2) is 0 Å². The minimum atomic E-state index is -0.920. The summed E-state index contributed by atoms with van der Waals surface area (Å²) in [4.78, 5) is 24.4. The molecule has 8 heteroatoms. The summed E-state index contributed by atoms with van der Waals surface area (Å²) in [5.74, 6) is -1.05. The Morgan fingerprint density at radius 3 is 2.52 bits per heavy atom. The van der Waals surface area contributed by atoms with Gasteiger partial charge in [-0.2, -0.15) is 0 Å². The first kappa shape index (κ1) is 17.4. The van der Waals surface area contributed by atoms with Crippen LogP contribution in [0.5, 0.6) is 0 Å². The van der Waals surface area contributed by atoms with E-state index in [1.54, 1.807) is 13.8 Å². The highest BCUT2D eigenvalue weighted by molar-refractivity contribution is 7.15. The van der Waals surface area contributed by atoms with Crippen LogP contribution in [0.3, 0.4) is 0 Å². The van der Waals surface area contributed by atoms with E-state index in [1.165, 1.54) is 16.2 Å². The molecule has 1 atom stereocenters. The molecule has 2 amide bonds. The van der Waals surface area contributed by atoms with E-state index in [-0.39, 0.29) is 12.6 Å². The van der Waals surface area contributed by atoms with Crippen molar-refractivity contribution >= 4 is 28.5 Å². The van der Waals surface area contributed by atoms with Crippen LogP contribution >= 0.6 is 11.3 Å². The molecule has 0 aromatic carbocycles. The Kier molecular flexibility index (Phi) is 6.54. The van der Waals surface area contributed by atoms with E-state index in [9.17, 15) is 9.59 Å². The molecule has 7 nitrogen and oxygen atoms in total. The Morgan fingerprint density at radius 1 is 1.33 bits per heavy atom. The zero-order chi connectivity index (χ0) is 16.0. The molecule has 0 saturated carbocycles. The van der Waals surface area contributed by atoms with Gasteiger partial charge in [-0.15, -0.1) is 10.2 Å². The second-order valence-electron chi connectivity index (χ2n) is 5.31. The lowest BCUT2D eigenvalue weighted by molar-refractivity contribution is -0.141. The first-order chi connectivity index (χ1) is 9.83. The van der Waals surface area contributed by atoms with Gasteiger partial charge < -0.3 is 10.0 Å². The molecule has 21 heavy (non-hydrogen) atoms. The normalized spacial score (nSPS) is 12.2. The number of rotatable bonds is 7. The Bertz CT molecular complexity index is 490. The van der Waals surface area contributed by atoms with Crippen LogP contribution in [0.1, 0.15) is 32.7 Å². The van der Waals surface area contributed by atoms with Crippen LogP contribution in [0.4, 0.5) is 9.93 Å². The number of carboxylic acids is 1. The molecule has 118 valence electrons. The highest BCUT2D eigenvalue weighted by Crippen LogP contribution is 2.18. The molecule has 0 aliphatic heterocycles. The molecular formula is C13H22N4O3S. The summed E-state index contributed by atoms with van der Waals surface area (Å²) in [7, 11) is 0. The van der Waals surface area contributed by atoms with Crippen LogP contribution in [0.25, 0.3) is 0 Å². The predicted molar refractivity (Wildman–Crippen MR) is 81.5 cm³/mol. The number of urea groups is 1. The SMILES string of the molecule is CCN(CC(C)C(=O)O)C(=O)Nc1nnc(CC(C)C)s1. The van der Waals surface area contributed by atoms with Crippen LogP contribution in [0.15, 0.2) is 0 Å². The number of nitrogens with one attached hydrogen (secondary N) is 1. The van der Waals surface area contributed by atoms with Crippen LogP contribution in [-0.4, -0.2) is 45.3 Å². The van der Waals surface area contributed by atoms with Crippen molar-refractivity contribution in [2.75, 3.05) is 18.4 Å². The Balaban J connectivity index is 2.61. The van der Waals surface area contributed by atoms with E-state index in [4.69, 9.17) is 5.11 Å². The third-order valence-corrected chi connectivity index (χ3v) is 3.71. The maximum atomic E-state index is 12.1. The zero-order valence-corrected chi connectivity index (χ0v) is 13.6. The van der Waals surface area contributed by atoms with Gasteiger partial charge in [0.2, 0.25) is 5.13 Å². The summed E-state index contributed by atoms with van der Waals surface area (Å²) in [5, 5.41) is 20.9. The molecule has 1 aromatic heterocycles. The van der Waals surface area contributed by atoms with Crippen LogP contribution in [0.2, 0.25) is 0 Å². The largest absolute Gasteiger partial charge is 0.481 e. The van der Waals surface area contributed by atoms with E-state index in [2.05, 4.69) is 29.4 Å². The molecule has 0 spiro atoms. The van der Waals surface area contributed by atoms with Gasteiger partial charge in [-0.1, -0.05) is 32.1 Å². The van der Waals surface area contributed by atoms with Crippen molar-refractivity contribution in [1.29, 1.82) is 0 Å². The predicted octanol–water partition coefficient (Wildman–Crippen LogP) is 2.31. The smallest absolute Gasteiger partial charge is 0.323 e. The molecule has 1 rings (SSSR count). The Hall–Kier alpha value is -1.70. The highest BCUT2D eigenvalue weighted by Gasteiger charge is 2.20. The number of carbonyl (C=O) groups is 2. The number of nitrogens with zero attached hydrogens (tertiary/aromatic N) is 3. The second kappa shape index (κ2) is 7.92. The van der Waals surface area contributed by atoms with Crippen molar-refractivity contribution in [3.05, 3.63) is 5.01 Å². The van der Waals surface area contributed by atoms with E-state index < -0.39 is 11.9 Å². The minimum Gasteiger partial charge on any atom is -0.481 e. The summed E-state index contributed by atoms with van der Waals surface area (Å²) < 4.78 is 0. The Morgan fingerprint density at radius 2 is 2.00 bits per heavy atom. The van der Waals surface area contributed by atoms with Crippen molar-refractivity contribution < 1.29 is 14.7 Å².